The van der Waals surface area contributed by atoms with Gasteiger partial charge in [0, 0.05) is 18.3 Å². The summed E-state index contributed by atoms with van der Waals surface area (Å²) in [6, 6.07) is 5.83. The maximum absolute atomic E-state index is 12.4. The molecule has 0 N–H and O–H groups in total. The van der Waals surface area contributed by atoms with Crippen LogP contribution in [0.1, 0.15) is 34.8 Å². The molecule has 0 spiro atoms. The Morgan fingerprint density at radius 3 is 3.00 bits per heavy atom. The predicted molar refractivity (Wildman–Crippen MR) is 84.7 cm³/mol. The van der Waals surface area contributed by atoms with E-state index in [0.717, 1.165) is 24.1 Å². The molecule has 2 heterocycles. The van der Waals surface area contributed by atoms with Gasteiger partial charge < -0.3 is 4.90 Å². The lowest BCUT2D eigenvalue weighted by molar-refractivity contribution is -0.117. The van der Waals surface area contributed by atoms with Crippen molar-refractivity contribution >= 4 is 29.1 Å². The highest BCUT2D eigenvalue weighted by atomic mass is 32.2. The second-order valence-electron chi connectivity index (χ2n) is 5.82. The zero-order chi connectivity index (χ0) is 16.0. The Hall–Kier alpha value is -2.22. The third-order valence-electron chi connectivity index (χ3n) is 4.17. The lowest BCUT2D eigenvalue weighted by Crippen LogP contribution is -2.20. The van der Waals surface area contributed by atoms with Crippen LogP contribution < -0.4 is 4.90 Å². The van der Waals surface area contributed by atoms with E-state index in [1.54, 1.807) is 22.7 Å². The molecule has 1 aromatic heterocycles. The first-order valence-corrected chi connectivity index (χ1v) is 8.45. The summed E-state index contributed by atoms with van der Waals surface area (Å²) >= 11 is 1.36. The third kappa shape index (κ3) is 2.63. The number of aromatic nitrogens is 4. The highest BCUT2D eigenvalue weighted by Gasteiger charge is 2.28. The van der Waals surface area contributed by atoms with E-state index in [9.17, 15) is 9.59 Å². The minimum absolute atomic E-state index is 0.0187. The van der Waals surface area contributed by atoms with Crippen molar-refractivity contribution in [3.8, 4) is 0 Å². The zero-order valence-corrected chi connectivity index (χ0v) is 13.4. The number of benzene rings is 1. The van der Waals surface area contributed by atoms with Gasteiger partial charge in [-0.2, -0.15) is 0 Å². The number of carbonyl (C=O) groups is 2. The van der Waals surface area contributed by atoms with Crippen LogP contribution in [0.15, 0.2) is 23.4 Å². The molecule has 4 rings (SSSR count). The molecular formula is C15H15N5O2S. The van der Waals surface area contributed by atoms with Crippen LogP contribution in [0.2, 0.25) is 0 Å². The summed E-state index contributed by atoms with van der Waals surface area (Å²) in [5.74, 6) is 0.364. The van der Waals surface area contributed by atoms with Gasteiger partial charge in [0.15, 0.2) is 5.78 Å². The predicted octanol–water partition coefficient (Wildman–Crippen LogP) is 1.50. The maximum atomic E-state index is 12.4. The first kappa shape index (κ1) is 14.4. The summed E-state index contributed by atoms with van der Waals surface area (Å²) in [7, 11) is 1.75. The van der Waals surface area contributed by atoms with Gasteiger partial charge in [-0.25, -0.2) is 4.68 Å². The number of tetrazole rings is 1. The van der Waals surface area contributed by atoms with E-state index >= 15 is 0 Å². The molecule has 2 aromatic rings. The Balaban J connectivity index is 1.46. The Bertz CT molecular complexity index is 799. The molecule has 2 aliphatic rings. The van der Waals surface area contributed by atoms with Crippen molar-refractivity contribution in [2.45, 2.75) is 30.5 Å². The number of hydrogen-bond donors (Lipinski definition) is 0. The van der Waals surface area contributed by atoms with Crippen LogP contribution in [0, 0.1) is 0 Å². The van der Waals surface area contributed by atoms with Crippen LogP contribution in [0.3, 0.4) is 0 Å². The number of rotatable bonds is 5. The molecule has 1 saturated carbocycles. The van der Waals surface area contributed by atoms with Crippen molar-refractivity contribution in [3.63, 3.8) is 0 Å². The van der Waals surface area contributed by atoms with Gasteiger partial charge in [-0.05, 0) is 47.0 Å². The van der Waals surface area contributed by atoms with Crippen molar-refractivity contribution in [3.05, 3.63) is 29.3 Å². The molecule has 0 radical (unpaired) electrons. The first-order chi connectivity index (χ1) is 11.1. The van der Waals surface area contributed by atoms with Gasteiger partial charge in [0.05, 0.1) is 18.2 Å². The molecule has 7 nitrogen and oxygen atoms in total. The normalized spacial score (nSPS) is 16.7. The van der Waals surface area contributed by atoms with Crippen molar-refractivity contribution in [2.24, 2.45) is 0 Å². The van der Waals surface area contributed by atoms with Gasteiger partial charge in [0.2, 0.25) is 11.1 Å². The zero-order valence-electron chi connectivity index (χ0n) is 12.6. The molecular weight excluding hydrogens is 314 g/mol. The molecule has 1 aromatic carbocycles. The van der Waals surface area contributed by atoms with E-state index < -0.39 is 0 Å². The smallest absolute Gasteiger partial charge is 0.231 e. The summed E-state index contributed by atoms with van der Waals surface area (Å²) in [6.07, 6.45) is 2.55. The van der Waals surface area contributed by atoms with E-state index in [4.69, 9.17) is 0 Å². The summed E-state index contributed by atoms with van der Waals surface area (Å²) in [6.45, 7) is 0. The van der Waals surface area contributed by atoms with E-state index in [1.165, 1.54) is 11.8 Å². The molecule has 0 unspecified atom stereocenters. The summed E-state index contributed by atoms with van der Waals surface area (Å²) in [4.78, 5) is 25.7. The van der Waals surface area contributed by atoms with Crippen molar-refractivity contribution < 1.29 is 9.59 Å². The molecule has 23 heavy (non-hydrogen) atoms. The quantitative estimate of drug-likeness (QED) is 0.611. The highest BCUT2D eigenvalue weighted by Crippen LogP contribution is 2.36. The minimum Gasteiger partial charge on any atom is -0.315 e. The third-order valence-corrected chi connectivity index (χ3v) is 5.10. The number of Topliss-reactive ketones (excluding diaryl/α,β-unsaturated/α-hetero) is 1. The molecule has 0 bridgehead atoms. The number of hydrogen-bond acceptors (Lipinski definition) is 6. The fraction of sp³-hybridized carbons (Fsp3) is 0.400. The second kappa shape index (κ2) is 5.45. The SMILES string of the molecule is CN1C(=O)Cc2cc(C(=O)CSc3nnnn3C3CC3)ccc21. The van der Waals surface area contributed by atoms with Crippen LogP contribution in [0.5, 0.6) is 0 Å². The molecule has 8 heteroatoms. The lowest BCUT2D eigenvalue weighted by Gasteiger charge is -2.10. The Kier molecular flexibility index (Phi) is 3.41. The molecule has 118 valence electrons. The van der Waals surface area contributed by atoms with Gasteiger partial charge in [0.25, 0.3) is 0 Å². The van der Waals surface area contributed by atoms with E-state index in [0.29, 0.717) is 23.2 Å². The second-order valence-corrected chi connectivity index (χ2v) is 6.76. The summed E-state index contributed by atoms with van der Waals surface area (Å²) in [5, 5.41) is 12.3. The summed E-state index contributed by atoms with van der Waals surface area (Å²) in [5.41, 5.74) is 2.43. The van der Waals surface area contributed by atoms with Crippen LogP contribution in [-0.4, -0.2) is 44.7 Å². The van der Waals surface area contributed by atoms with Crippen LogP contribution in [-0.2, 0) is 11.2 Å². The van der Waals surface area contributed by atoms with Gasteiger partial charge in [-0.15, -0.1) is 5.10 Å². The molecule has 0 atom stereocenters. The van der Waals surface area contributed by atoms with Crippen LogP contribution >= 0.6 is 11.8 Å². The fourth-order valence-corrected chi connectivity index (χ4v) is 3.52. The molecule has 0 saturated heterocycles. The van der Waals surface area contributed by atoms with Gasteiger partial charge in [0.1, 0.15) is 0 Å². The molecule has 1 fully saturated rings. The van der Waals surface area contributed by atoms with Crippen molar-refractivity contribution in [1.29, 1.82) is 0 Å². The monoisotopic (exact) mass is 329 g/mol. The van der Waals surface area contributed by atoms with Crippen LogP contribution in [0.25, 0.3) is 0 Å². The van der Waals surface area contributed by atoms with Gasteiger partial charge in [-0.1, -0.05) is 11.8 Å². The average Bonchev–Trinajstić information content (AvgIpc) is 3.22. The number of anilines is 1. The van der Waals surface area contributed by atoms with Crippen LogP contribution in [0.4, 0.5) is 5.69 Å². The molecule has 1 aliphatic heterocycles. The topological polar surface area (TPSA) is 81.0 Å². The van der Waals surface area contributed by atoms with E-state index in [-0.39, 0.29) is 17.4 Å². The number of nitrogens with zero attached hydrogens (tertiary/aromatic N) is 5. The number of amides is 1. The summed E-state index contributed by atoms with van der Waals surface area (Å²) < 4.78 is 1.80. The fourth-order valence-electron chi connectivity index (χ4n) is 2.69. The van der Waals surface area contributed by atoms with Gasteiger partial charge >= 0.3 is 0 Å². The number of ketones is 1. The van der Waals surface area contributed by atoms with Crippen molar-refractivity contribution in [2.75, 3.05) is 17.7 Å². The van der Waals surface area contributed by atoms with Gasteiger partial charge in [-0.3, -0.25) is 9.59 Å². The highest BCUT2D eigenvalue weighted by molar-refractivity contribution is 7.99. The first-order valence-electron chi connectivity index (χ1n) is 7.47. The molecule has 1 aliphatic carbocycles. The standard InChI is InChI=1S/C15H15N5O2S/c1-19-12-5-2-9(6-10(12)7-14(19)22)13(21)8-23-15-16-17-18-20(15)11-3-4-11/h2,5-6,11H,3-4,7-8H2,1H3. The van der Waals surface area contributed by atoms with Crippen molar-refractivity contribution in [1.82, 2.24) is 20.2 Å². The number of fused-ring (bicyclic) bond motifs is 1. The maximum Gasteiger partial charge on any atom is 0.231 e. The number of carbonyl (C=O) groups excluding carboxylic acids is 2. The number of thioether (sulfide) groups is 1. The average molecular weight is 329 g/mol. The lowest BCUT2D eigenvalue weighted by atomic mass is 10.1. The number of likely N-dealkylation sites (N-methyl/N-ethyl adjacent to an activating group) is 1. The van der Waals surface area contributed by atoms with E-state index in [2.05, 4.69) is 15.5 Å². The minimum atomic E-state index is 0.0187. The largest absolute Gasteiger partial charge is 0.315 e. The molecule has 1 amide bonds. The Labute approximate surface area is 137 Å². The Morgan fingerprint density at radius 1 is 1.39 bits per heavy atom. The Morgan fingerprint density at radius 2 is 2.22 bits per heavy atom. The van der Waals surface area contributed by atoms with E-state index in [1.807, 2.05) is 12.1 Å².